The number of ether oxygens (including phenoxy) is 3. The molecule has 6 heteroatoms. The Morgan fingerprint density at radius 3 is 2.83 bits per heavy atom. The molecule has 0 spiro atoms. The summed E-state index contributed by atoms with van der Waals surface area (Å²) in [4.78, 5) is 12.1. The molecule has 1 atom stereocenters. The van der Waals surface area contributed by atoms with Crippen LogP contribution in [0.1, 0.15) is 10.4 Å². The summed E-state index contributed by atoms with van der Waals surface area (Å²) in [6.07, 6.45) is -0.283. The van der Waals surface area contributed by atoms with Crippen LogP contribution in [0.5, 0.6) is 23.0 Å². The number of phenolic OH excluding ortho intramolecular Hbond substituents is 1. The van der Waals surface area contributed by atoms with Gasteiger partial charge in [-0.3, -0.25) is 4.79 Å². The van der Waals surface area contributed by atoms with Gasteiger partial charge in [-0.15, -0.1) is 0 Å². The van der Waals surface area contributed by atoms with Crippen molar-refractivity contribution in [3.05, 3.63) is 48.0 Å². The normalized spacial score (nSPS) is 15.8. The van der Waals surface area contributed by atoms with E-state index >= 15 is 0 Å². The van der Waals surface area contributed by atoms with Gasteiger partial charge in [-0.1, -0.05) is 12.1 Å². The fourth-order valence-electron chi connectivity index (χ4n) is 2.30. The Bertz CT molecular complexity index is 716. The number of aromatic hydroxyl groups is 1. The number of carbonyl (C=O) groups is 1. The highest BCUT2D eigenvalue weighted by atomic mass is 16.6. The van der Waals surface area contributed by atoms with Crippen molar-refractivity contribution in [1.82, 2.24) is 5.32 Å². The highest BCUT2D eigenvalue weighted by Gasteiger charge is 2.22. The third-order valence-corrected chi connectivity index (χ3v) is 3.51. The van der Waals surface area contributed by atoms with Crippen molar-refractivity contribution in [2.75, 3.05) is 20.3 Å². The zero-order chi connectivity index (χ0) is 16.2. The molecular formula is C17H17NO5. The molecule has 3 rings (SSSR count). The van der Waals surface area contributed by atoms with E-state index in [9.17, 15) is 9.90 Å². The number of phenols is 1. The van der Waals surface area contributed by atoms with Gasteiger partial charge in [0.05, 0.1) is 19.2 Å². The van der Waals surface area contributed by atoms with Crippen LogP contribution < -0.4 is 19.5 Å². The van der Waals surface area contributed by atoms with Gasteiger partial charge in [0.2, 0.25) is 0 Å². The lowest BCUT2D eigenvalue weighted by Gasteiger charge is -2.26. The van der Waals surface area contributed by atoms with E-state index in [4.69, 9.17) is 14.2 Å². The van der Waals surface area contributed by atoms with Gasteiger partial charge in [-0.05, 0) is 24.3 Å². The van der Waals surface area contributed by atoms with Crippen LogP contribution in [0.4, 0.5) is 0 Å². The topological polar surface area (TPSA) is 77.0 Å². The molecule has 0 saturated heterocycles. The molecule has 2 N–H and O–H groups in total. The van der Waals surface area contributed by atoms with Gasteiger partial charge in [-0.25, -0.2) is 0 Å². The van der Waals surface area contributed by atoms with Gasteiger partial charge in [0.1, 0.15) is 24.2 Å². The number of benzene rings is 2. The molecule has 1 aliphatic rings. The summed E-state index contributed by atoms with van der Waals surface area (Å²) < 4.78 is 16.3. The lowest BCUT2D eigenvalue weighted by atomic mass is 10.1. The standard InChI is InChI=1S/C17H17NO5/c1-21-11-6-7-13(14(19)8-11)17(20)18-9-12-10-22-15-4-2-3-5-16(15)23-12/h2-8,12,19H,9-10H2,1H3,(H,18,20). The van der Waals surface area contributed by atoms with Crippen LogP contribution in [0.2, 0.25) is 0 Å². The summed E-state index contributed by atoms with van der Waals surface area (Å²) in [7, 11) is 1.49. The van der Waals surface area contributed by atoms with Crippen LogP contribution in [-0.4, -0.2) is 37.4 Å². The number of amides is 1. The molecule has 0 fully saturated rings. The Hall–Kier alpha value is -2.89. The van der Waals surface area contributed by atoms with Crippen molar-refractivity contribution in [3.8, 4) is 23.0 Å². The molecule has 23 heavy (non-hydrogen) atoms. The SMILES string of the molecule is COc1ccc(C(=O)NCC2COc3ccccc3O2)c(O)c1. The first-order chi connectivity index (χ1) is 11.2. The highest BCUT2D eigenvalue weighted by molar-refractivity contribution is 5.97. The second-order valence-corrected chi connectivity index (χ2v) is 5.09. The summed E-state index contributed by atoms with van der Waals surface area (Å²) in [6, 6.07) is 11.9. The average Bonchev–Trinajstić information content (AvgIpc) is 2.59. The smallest absolute Gasteiger partial charge is 0.255 e. The zero-order valence-corrected chi connectivity index (χ0v) is 12.6. The van der Waals surface area contributed by atoms with Crippen LogP contribution >= 0.6 is 0 Å². The summed E-state index contributed by atoms with van der Waals surface area (Å²) >= 11 is 0. The van der Waals surface area contributed by atoms with Crippen molar-refractivity contribution >= 4 is 5.91 Å². The van der Waals surface area contributed by atoms with Crippen LogP contribution in [0.15, 0.2) is 42.5 Å². The quantitative estimate of drug-likeness (QED) is 0.902. The number of rotatable bonds is 4. The molecule has 2 aromatic carbocycles. The molecule has 0 aliphatic carbocycles. The van der Waals surface area contributed by atoms with E-state index in [2.05, 4.69) is 5.32 Å². The second-order valence-electron chi connectivity index (χ2n) is 5.09. The monoisotopic (exact) mass is 315 g/mol. The number of carbonyl (C=O) groups excluding carboxylic acids is 1. The van der Waals surface area contributed by atoms with Crippen LogP contribution in [-0.2, 0) is 0 Å². The summed E-state index contributed by atoms with van der Waals surface area (Å²) in [5.74, 6) is 1.33. The summed E-state index contributed by atoms with van der Waals surface area (Å²) in [5.41, 5.74) is 0.183. The van der Waals surface area contributed by atoms with E-state index in [0.717, 1.165) is 0 Å². The fourth-order valence-corrected chi connectivity index (χ4v) is 2.30. The number of fused-ring (bicyclic) bond motifs is 1. The third-order valence-electron chi connectivity index (χ3n) is 3.51. The Morgan fingerprint density at radius 2 is 2.09 bits per heavy atom. The van der Waals surface area contributed by atoms with E-state index in [1.54, 1.807) is 6.07 Å². The van der Waals surface area contributed by atoms with E-state index in [1.165, 1.54) is 19.2 Å². The predicted octanol–water partition coefficient (Wildman–Crippen LogP) is 1.97. The maximum Gasteiger partial charge on any atom is 0.255 e. The van der Waals surface area contributed by atoms with Crippen molar-refractivity contribution in [1.29, 1.82) is 0 Å². The maximum atomic E-state index is 12.1. The number of methoxy groups -OCH3 is 1. The minimum atomic E-state index is -0.382. The first kappa shape index (κ1) is 15.0. The van der Waals surface area contributed by atoms with E-state index < -0.39 is 0 Å². The molecule has 0 saturated carbocycles. The zero-order valence-electron chi connectivity index (χ0n) is 12.6. The van der Waals surface area contributed by atoms with Gasteiger partial charge in [0.15, 0.2) is 11.5 Å². The van der Waals surface area contributed by atoms with E-state index in [-0.39, 0.29) is 29.9 Å². The van der Waals surface area contributed by atoms with Crippen molar-refractivity contribution < 1.29 is 24.1 Å². The number of para-hydroxylation sites is 2. The Balaban J connectivity index is 1.60. The molecule has 120 valence electrons. The van der Waals surface area contributed by atoms with Crippen molar-refractivity contribution in [2.24, 2.45) is 0 Å². The number of hydrogen-bond donors (Lipinski definition) is 2. The van der Waals surface area contributed by atoms with Crippen molar-refractivity contribution in [3.63, 3.8) is 0 Å². The summed E-state index contributed by atoms with van der Waals surface area (Å²) in [6.45, 7) is 0.629. The Labute approximate surface area is 133 Å². The molecule has 1 heterocycles. The van der Waals surface area contributed by atoms with E-state index in [0.29, 0.717) is 23.9 Å². The maximum absolute atomic E-state index is 12.1. The highest BCUT2D eigenvalue weighted by Crippen LogP contribution is 2.30. The number of nitrogens with one attached hydrogen (secondary N) is 1. The van der Waals surface area contributed by atoms with Crippen LogP contribution in [0.3, 0.4) is 0 Å². The van der Waals surface area contributed by atoms with Crippen LogP contribution in [0, 0.1) is 0 Å². The first-order valence-corrected chi connectivity index (χ1v) is 7.21. The largest absolute Gasteiger partial charge is 0.507 e. The van der Waals surface area contributed by atoms with Gasteiger partial charge < -0.3 is 24.6 Å². The van der Waals surface area contributed by atoms with Crippen LogP contribution in [0.25, 0.3) is 0 Å². The summed E-state index contributed by atoms with van der Waals surface area (Å²) in [5, 5.41) is 12.6. The fraction of sp³-hybridized carbons (Fsp3) is 0.235. The minimum Gasteiger partial charge on any atom is -0.507 e. The van der Waals surface area contributed by atoms with E-state index in [1.807, 2.05) is 24.3 Å². The molecule has 1 aliphatic heterocycles. The Morgan fingerprint density at radius 1 is 1.30 bits per heavy atom. The van der Waals surface area contributed by atoms with Gasteiger partial charge in [0, 0.05) is 6.07 Å². The second kappa shape index (κ2) is 6.48. The molecule has 0 radical (unpaired) electrons. The lowest BCUT2D eigenvalue weighted by Crippen LogP contribution is -2.40. The predicted molar refractivity (Wildman–Crippen MR) is 83.3 cm³/mol. The molecule has 6 nitrogen and oxygen atoms in total. The third kappa shape index (κ3) is 3.31. The first-order valence-electron chi connectivity index (χ1n) is 7.21. The molecule has 1 unspecified atom stereocenters. The lowest BCUT2D eigenvalue weighted by molar-refractivity contribution is 0.0787. The Kier molecular flexibility index (Phi) is 4.23. The molecule has 2 aromatic rings. The molecule has 0 bridgehead atoms. The molecule has 0 aromatic heterocycles. The van der Waals surface area contributed by atoms with Gasteiger partial charge in [-0.2, -0.15) is 0 Å². The van der Waals surface area contributed by atoms with Crippen molar-refractivity contribution in [2.45, 2.75) is 6.10 Å². The number of hydrogen-bond acceptors (Lipinski definition) is 5. The van der Waals surface area contributed by atoms with Gasteiger partial charge in [0.25, 0.3) is 5.91 Å². The van der Waals surface area contributed by atoms with Gasteiger partial charge >= 0.3 is 0 Å². The molecular weight excluding hydrogens is 298 g/mol. The average molecular weight is 315 g/mol. The minimum absolute atomic E-state index is 0.131. The molecule has 1 amide bonds.